The second kappa shape index (κ2) is 9.28. The number of nitrogens with two attached hydrogens (primary N) is 1. The van der Waals surface area contributed by atoms with E-state index < -0.39 is 0 Å². The van der Waals surface area contributed by atoms with Gasteiger partial charge in [0.15, 0.2) is 5.96 Å². The van der Waals surface area contributed by atoms with Crippen LogP contribution in [0.5, 0.6) is 11.5 Å². The Kier molecular flexibility index (Phi) is 7.04. The van der Waals surface area contributed by atoms with Gasteiger partial charge in [-0.15, -0.1) is 0 Å². The van der Waals surface area contributed by atoms with Gasteiger partial charge in [0.1, 0.15) is 11.5 Å². The SMILES string of the molecule is COc1ccc(OC)c(CCCN=C(N)NC2CCCCC2)c1. The van der Waals surface area contributed by atoms with Crippen molar-refractivity contribution in [3.05, 3.63) is 23.8 Å². The first-order chi connectivity index (χ1) is 11.2. The molecule has 0 radical (unpaired) electrons. The van der Waals surface area contributed by atoms with Gasteiger partial charge in [-0.1, -0.05) is 19.3 Å². The number of hydrogen-bond acceptors (Lipinski definition) is 3. The molecule has 1 aromatic carbocycles. The zero-order chi connectivity index (χ0) is 16.5. The summed E-state index contributed by atoms with van der Waals surface area (Å²) < 4.78 is 10.7. The van der Waals surface area contributed by atoms with Crippen LogP contribution in [0.25, 0.3) is 0 Å². The highest BCUT2D eigenvalue weighted by Crippen LogP contribution is 2.25. The van der Waals surface area contributed by atoms with Crippen LogP contribution in [0.3, 0.4) is 0 Å². The summed E-state index contributed by atoms with van der Waals surface area (Å²) >= 11 is 0. The molecule has 0 unspecified atom stereocenters. The lowest BCUT2D eigenvalue weighted by Gasteiger charge is -2.23. The summed E-state index contributed by atoms with van der Waals surface area (Å²) in [7, 11) is 3.36. The molecule has 1 saturated carbocycles. The Balaban J connectivity index is 1.78. The van der Waals surface area contributed by atoms with Crippen molar-refractivity contribution >= 4 is 5.96 Å². The van der Waals surface area contributed by atoms with E-state index >= 15 is 0 Å². The van der Waals surface area contributed by atoms with E-state index in [9.17, 15) is 0 Å². The number of guanidine groups is 1. The van der Waals surface area contributed by atoms with Gasteiger partial charge < -0.3 is 20.5 Å². The molecule has 3 N–H and O–H groups in total. The maximum Gasteiger partial charge on any atom is 0.188 e. The van der Waals surface area contributed by atoms with E-state index in [0.29, 0.717) is 18.5 Å². The van der Waals surface area contributed by atoms with E-state index in [-0.39, 0.29) is 0 Å². The first-order valence-corrected chi connectivity index (χ1v) is 8.50. The third-order valence-electron chi connectivity index (χ3n) is 4.33. The van der Waals surface area contributed by atoms with Gasteiger partial charge in [-0.05, 0) is 49.4 Å². The Morgan fingerprint density at radius 2 is 2.00 bits per heavy atom. The van der Waals surface area contributed by atoms with Crippen LogP contribution in [0.2, 0.25) is 0 Å². The standard InChI is InChI=1S/C18H29N3O2/c1-22-16-10-11-17(23-2)14(13-16)7-6-12-20-18(19)21-15-8-4-3-5-9-15/h10-11,13,15H,3-9,12H2,1-2H3,(H3,19,20,21). The van der Waals surface area contributed by atoms with Crippen molar-refractivity contribution in [3.63, 3.8) is 0 Å². The van der Waals surface area contributed by atoms with Crippen molar-refractivity contribution in [2.75, 3.05) is 20.8 Å². The summed E-state index contributed by atoms with van der Waals surface area (Å²) in [6, 6.07) is 6.38. The average Bonchev–Trinajstić information content (AvgIpc) is 2.59. The second-order valence-corrected chi connectivity index (χ2v) is 6.03. The number of aliphatic imine (C=N–C) groups is 1. The van der Waals surface area contributed by atoms with Crippen LogP contribution in [-0.2, 0) is 6.42 Å². The second-order valence-electron chi connectivity index (χ2n) is 6.03. The zero-order valence-corrected chi connectivity index (χ0v) is 14.3. The van der Waals surface area contributed by atoms with Gasteiger partial charge in [0, 0.05) is 12.6 Å². The molecular weight excluding hydrogens is 290 g/mol. The number of hydrogen-bond donors (Lipinski definition) is 2. The molecule has 1 aromatic rings. The predicted molar refractivity (Wildman–Crippen MR) is 94.4 cm³/mol. The normalized spacial score (nSPS) is 16.2. The van der Waals surface area contributed by atoms with Crippen molar-refractivity contribution in [2.24, 2.45) is 10.7 Å². The fourth-order valence-corrected chi connectivity index (χ4v) is 3.05. The number of benzene rings is 1. The van der Waals surface area contributed by atoms with Gasteiger partial charge >= 0.3 is 0 Å². The van der Waals surface area contributed by atoms with Gasteiger partial charge in [0.2, 0.25) is 0 Å². The lowest BCUT2D eigenvalue weighted by molar-refractivity contribution is 0.398. The average molecular weight is 319 g/mol. The minimum Gasteiger partial charge on any atom is -0.497 e. The summed E-state index contributed by atoms with van der Waals surface area (Å²) in [6.07, 6.45) is 8.16. The van der Waals surface area contributed by atoms with E-state index in [1.807, 2.05) is 18.2 Å². The molecule has 128 valence electrons. The first-order valence-electron chi connectivity index (χ1n) is 8.50. The van der Waals surface area contributed by atoms with Crippen LogP contribution in [-0.4, -0.2) is 32.8 Å². The highest BCUT2D eigenvalue weighted by molar-refractivity contribution is 5.78. The smallest absolute Gasteiger partial charge is 0.188 e. The number of aryl methyl sites for hydroxylation is 1. The molecular formula is C18H29N3O2. The molecule has 0 spiro atoms. The third kappa shape index (κ3) is 5.66. The van der Waals surface area contributed by atoms with E-state index in [1.54, 1.807) is 14.2 Å². The Morgan fingerprint density at radius 1 is 1.22 bits per heavy atom. The van der Waals surface area contributed by atoms with Crippen LogP contribution in [0, 0.1) is 0 Å². The maximum absolute atomic E-state index is 5.98. The quantitative estimate of drug-likeness (QED) is 0.461. The number of methoxy groups -OCH3 is 2. The van der Waals surface area contributed by atoms with E-state index in [4.69, 9.17) is 15.2 Å². The molecule has 0 saturated heterocycles. The lowest BCUT2D eigenvalue weighted by atomic mass is 9.96. The summed E-state index contributed by atoms with van der Waals surface area (Å²) in [5.41, 5.74) is 7.12. The van der Waals surface area contributed by atoms with Crippen LogP contribution >= 0.6 is 0 Å². The Bertz CT molecular complexity index is 511. The first kappa shape index (κ1) is 17.4. The highest BCUT2D eigenvalue weighted by Gasteiger charge is 2.13. The number of ether oxygens (including phenoxy) is 2. The number of rotatable bonds is 7. The zero-order valence-electron chi connectivity index (χ0n) is 14.3. The Morgan fingerprint density at radius 3 is 2.70 bits per heavy atom. The van der Waals surface area contributed by atoms with Gasteiger partial charge in [0.05, 0.1) is 14.2 Å². The van der Waals surface area contributed by atoms with E-state index in [1.165, 1.54) is 32.1 Å². The summed E-state index contributed by atoms with van der Waals surface area (Å²) in [5.74, 6) is 2.32. The van der Waals surface area contributed by atoms with E-state index in [0.717, 1.165) is 29.9 Å². The molecule has 5 nitrogen and oxygen atoms in total. The van der Waals surface area contributed by atoms with Gasteiger partial charge in [0.25, 0.3) is 0 Å². The Hall–Kier alpha value is -1.91. The molecule has 0 heterocycles. The largest absolute Gasteiger partial charge is 0.497 e. The van der Waals surface area contributed by atoms with Crippen LogP contribution in [0.4, 0.5) is 0 Å². The number of nitrogens with one attached hydrogen (secondary N) is 1. The van der Waals surface area contributed by atoms with Crippen LogP contribution in [0.1, 0.15) is 44.1 Å². The molecule has 0 atom stereocenters. The van der Waals surface area contributed by atoms with Gasteiger partial charge in [-0.3, -0.25) is 4.99 Å². The van der Waals surface area contributed by atoms with Crippen molar-refractivity contribution in [3.8, 4) is 11.5 Å². The summed E-state index contributed by atoms with van der Waals surface area (Å²) in [4.78, 5) is 4.44. The maximum atomic E-state index is 5.98. The van der Waals surface area contributed by atoms with Crippen LogP contribution in [0.15, 0.2) is 23.2 Å². The molecule has 23 heavy (non-hydrogen) atoms. The van der Waals surface area contributed by atoms with E-state index in [2.05, 4.69) is 10.3 Å². The number of nitrogens with zero attached hydrogens (tertiary/aromatic N) is 1. The van der Waals surface area contributed by atoms with Gasteiger partial charge in [-0.2, -0.15) is 0 Å². The monoisotopic (exact) mass is 319 g/mol. The summed E-state index contributed by atoms with van der Waals surface area (Å²) in [5, 5.41) is 3.34. The predicted octanol–water partition coefficient (Wildman–Crippen LogP) is 2.87. The van der Waals surface area contributed by atoms with Crippen molar-refractivity contribution in [2.45, 2.75) is 51.0 Å². The summed E-state index contributed by atoms with van der Waals surface area (Å²) in [6.45, 7) is 0.714. The lowest BCUT2D eigenvalue weighted by Crippen LogP contribution is -2.41. The molecule has 1 fully saturated rings. The minimum absolute atomic E-state index is 0.506. The molecule has 0 aliphatic heterocycles. The highest BCUT2D eigenvalue weighted by atomic mass is 16.5. The third-order valence-corrected chi connectivity index (χ3v) is 4.33. The fourth-order valence-electron chi connectivity index (χ4n) is 3.05. The molecule has 0 aromatic heterocycles. The van der Waals surface area contributed by atoms with Crippen molar-refractivity contribution in [1.82, 2.24) is 5.32 Å². The molecule has 0 amide bonds. The minimum atomic E-state index is 0.506. The molecule has 2 rings (SSSR count). The molecule has 5 heteroatoms. The Labute approximate surface area is 139 Å². The molecule has 1 aliphatic rings. The van der Waals surface area contributed by atoms with Gasteiger partial charge in [-0.25, -0.2) is 0 Å². The van der Waals surface area contributed by atoms with Crippen LogP contribution < -0.4 is 20.5 Å². The topological polar surface area (TPSA) is 68.9 Å². The van der Waals surface area contributed by atoms with Crippen molar-refractivity contribution < 1.29 is 9.47 Å². The molecule has 1 aliphatic carbocycles. The fraction of sp³-hybridized carbons (Fsp3) is 0.611. The van der Waals surface area contributed by atoms with Crippen molar-refractivity contribution in [1.29, 1.82) is 0 Å². The molecule has 0 bridgehead atoms.